The monoisotopic (exact) mass is 237 g/mol. The van der Waals surface area contributed by atoms with E-state index in [1.165, 1.54) is 51.9 Å². The van der Waals surface area contributed by atoms with Gasteiger partial charge in [-0.15, -0.1) is 0 Å². The van der Waals surface area contributed by atoms with E-state index in [1.54, 1.807) is 0 Å². The van der Waals surface area contributed by atoms with Gasteiger partial charge in [0.1, 0.15) is 0 Å². The van der Waals surface area contributed by atoms with Gasteiger partial charge in [-0.3, -0.25) is 4.90 Å². The van der Waals surface area contributed by atoms with Gasteiger partial charge in [0.15, 0.2) is 0 Å². The maximum atomic E-state index is 3.28. The predicted octanol–water partition coefficient (Wildman–Crippen LogP) is 1.01. The number of likely N-dealkylation sites (N-methyl/N-ethyl adjacent to an activating group) is 1. The summed E-state index contributed by atoms with van der Waals surface area (Å²) in [6, 6.07) is 1.72. The van der Waals surface area contributed by atoms with Crippen molar-refractivity contribution in [3.63, 3.8) is 0 Å². The Morgan fingerprint density at radius 2 is 2.00 bits per heavy atom. The average molecular weight is 237 g/mol. The van der Waals surface area contributed by atoms with Crippen molar-refractivity contribution >= 4 is 0 Å². The van der Waals surface area contributed by atoms with Crippen molar-refractivity contribution in [1.29, 1.82) is 0 Å². The minimum atomic E-state index is 0.830. The molecule has 0 radical (unpaired) electrons. The maximum absolute atomic E-state index is 3.28. The zero-order valence-corrected chi connectivity index (χ0v) is 11.4. The number of likely N-dealkylation sites (tertiary alicyclic amines) is 1. The summed E-state index contributed by atoms with van der Waals surface area (Å²) in [6.45, 7) is 5.28. The molecule has 3 heteroatoms. The van der Waals surface area contributed by atoms with Crippen molar-refractivity contribution in [3.05, 3.63) is 0 Å². The van der Waals surface area contributed by atoms with E-state index in [2.05, 4.69) is 29.2 Å². The molecule has 0 spiro atoms. The van der Waals surface area contributed by atoms with Crippen molar-refractivity contribution in [2.45, 2.75) is 37.8 Å². The summed E-state index contributed by atoms with van der Waals surface area (Å²) < 4.78 is 0. The van der Waals surface area contributed by atoms with Crippen LogP contribution in [0.25, 0.3) is 0 Å². The Kier molecular flexibility index (Phi) is 3.42. The summed E-state index contributed by atoms with van der Waals surface area (Å²) in [5, 5.41) is 3.28. The fourth-order valence-corrected chi connectivity index (χ4v) is 4.59. The molecule has 0 aromatic rings. The smallest absolute Gasteiger partial charge is 0.0294 e. The zero-order valence-electron chi connectivity index (χ0n) is 11.4. The van der Waals surface area contributed by atoms with Crippen molar-refractivity contribution in [2.75, 3.05) is 40.3 Å². The van der Waals surface area contributed by atoms with E-state index in [9.17, 15) is 0 Å². The number of nitrogens with one attached hydrogen (secondary N) is 1. The number of piperidine rings is 3. The van der Waals surface area contributed by atoms with Crippen LogP contribution in [0.1, 0.15) is 25.7 Å². The van der Waals surface area contributed by atoms with E-state index >= 15 is 0 Å². The molecule has 3 nitrogen and oxygen atoms in total. The third-order valence-electron chi connectivity index (χ3n) is 5.43. The highest BCUT2D eigenvalue weighted by molar-refractivity contribution is 5.05. The molecule has 0 aromatic heterocycles. The third-order valence-corrected chi connectivity index (χ3v) is 5.43. The van der Waals surface area contributed by atoms with Crippen LogP contribution >= 0.6 is 0 Å². The molecule has 0 amide bonds. The van der Waals surface area contributed by atoms with Crippen LogP contribution in [0, 0.1) is 11.8 Å². The van der Waals surface area contributed by atoms with Gasteiger partial charge in [0, 0.05) is 18.6 Å². The van der Waals surface area contributed by atoms with Gasteiger partial charge >= 0.3 is 0 Å². The highest BCUT2D eigenvalue weighted by Crippen LogP contribution is 2.44. The van der Waals surface area contributed by atoms with Crippen molar-refractivity contribution in [3.8, 4) is 0 Å². The first-order valence-corrected chi connectivity index (χ1v) is 7.40. The van der Waals surface area contributed by atoms with E-state index in [-0.39, 0.29) is 0 Å². The Morgan fingerprint density at radius 1 is 1.24 bits per heavy atom. The molecule has 4 rings (SSSR count). The molecule has 1 N–H and O–H groups in total. The number of fused-ring (bicyclic) bond motifs is 2. The topological polar surface area (TPSA) is 18.5 Å². The second-order valence-corrected chi connectivity index (χ2v) is 6.28. The van der Waals surface area contributed by atoms with Gasteiger partial charge in [-0.2, -0.15) is 0 Å². The van der Waals surface area contributed by atoms with Crippen LogP contribution in [0.5, 0.6) is 0 Å². The molecule has 4 fully saturated rings. The Bertz CT molecular complexity index is 260. The lowest BCUT2D eigenvalue weighted by Crippen LogP contribution is -2.57. The SMILES string of the molecule is CNCCCC1C2C(CN1C)C1CCN2CC1. The molecule has 98 valence electrons. The van der Waals surface area contributed by atoms with E-state index in [0.717, 1.165) is 23.9 Å². The lowest BCUT2D eigenvalue weighted by molar-refractivity contribution is 0.00260. The van der Waals surface area contributed by atoms with Crippen LogP contribution in [-0.2, 0) is 0 Å². The van der Waals surface area contributed by atoms with Crippen LogP contribution in [0.3, 0.4) is 0 Å². The molecule has 4 aliphatic rings. The quantitative estimate of drug-likeness (QED) is 0.736. The van der Waals surface area contributed by atoms with E-state index in [0.29, 0.717) is 0 Å². The zero-order chi connectivity index (χ0) is 11.8. The average Bonchev–Trinajstić information content (AvgIpc) is 2.70. The minimum absolute atomic E-state index is 0.830. The second-order valence-electron chi connectivity index (χ2n) is 6.28. The normalized spacial score (nSPS) is 45.2. The predicted molar refractivity (Wildman–Crippen MR) is 71.2 cm³/mol. The van der Waals surface area contributed by atoms with Gasteiger partial charge in [0.05, 0.1) is 0 Å². The molecule has 17 heavy (non-hydrogen) atoms. The van der Waals surface area contributed by atoms with Crippen LogP contribution in [0.4, 0.5) is 0 Å². The highest BCUT2D eigenvalue weighted by Gasteiger charge is 2.50. The lowest BCUT2D eigenvalue weighted by atomic mass is 9.73. The summed E-state index contributed by atoms with van der Waals surface area (Å²) in [6.07, 6.45) is 5.64. The molecule has 0 aromatic carbocycles. The van der Waals surface area contributed by atoms with Crippen molar-refractivity contribution < 1.29 is 0 Å². The first-order valence-electron chi connectivity index (χ1n) is 7.40. The van der Waals surface area contributed by atoms with E-state index in [4.69, 9.17) is 0 Å². The van der Waals surface area contributed by atoms with Gasteiger partial charge in [0.25, 0.3) is 0 Å². The van der Waals surface area contributed by atoms with Gasteiger partial charge < -0.3 is 10.2 Å². The minimum Gasteiger partial charge on any atom is -0.320 e. The molecule has 4 saturated heterocycles. The standard InChI is InChI=1S/C14H27N3/c1-15-7-3-4-13-14-12(10-16(13)2)11-5-8-17(14)9-6-11/h11-15H,3-10H2,1-2H3. The largest absolute Gasteiger partial charge is 0.320 e. The molecule has 2 bridgehead atoms. The number of nitrogens with zero attached hydrogens (tertiary/aromatic N) is 2. The number of rotatable bonds is 4. The molecule has 4 heterocycles. The summed E-state index contributed by atoms with van der Waals surface area (Å²) in [4.78, 5) is 5.46. The molecule has 3 atom stereocenters. The van der Waals surface area contributed by atoms with Crippen LogP contribution in [0.2, 0.25) is 0 Å². The van der Waals surface area contributed by atoms with Gasteiger partial charge in [-0.25, -0.2) is 0 Å². The molecule has 4 aliphatic heterocycles. The highest BCUT2D eigenvalue weighted by atomic mass is 15.3. The molecular weight excluding hydrogens is 210 g/mol. The fraction of sp³-hybridized carbons (Fsp3) is 1.00. The van der Waals surface area contributed by atoms with Crippen LogP contribution in [0.15, 0.2) is 0 Å². The molecular formula is C14H27N3. The van der Waals surface area contributed by atoms with Crippen molar-refractivity contribution in [2.24, 2.45) is 11.8 Å². The fourth-order valence-electron chi connectivity index (χ4n) is 4.59. The second kappa shape index (κ2) is 4.87. The molecule has 0 aliphatic carbocycles. The number of hydrogen-bond donors (Lipinski definition) is 1. The summed E-state index contributed by atoms with van der Waals surface area (Å²) in [5.41, 5.74) is 0. The first kappa shape index (κ1) is 11.9. The van der Waals surface area contributed by atoms with Crippen molar-refractivity contribution in [1.82, 2.24) is 15.1 Å². The lowest BCUT2D eigenvalue weighted by Gasteiger charge is -2.49. The van der Waals surface area contributed by atoms with Gasteiger partial charge in [0.2, 0.25) is 0 Å². The van der Waals surface area contributed by atoms with E-state index < -0.39 is 0 Å². The van der Waals surface area contributed by atoms with Crippen LogP contribution < -0.4 is 5.32 Å². The summed E-state index contributed by atoms with van der Waals surface area (Å²) >= 11 is 0. The molecule has 0 saturated carbocycles. The third kappa shape index (κ3) is 2.02. The van der Waals surface area contributed by atoms with Gasteiger partial charge in [-0.1, -0.05) is 0 Å². The Balaban J connectivity index is 1.67. The van der Waals surface area contributed by atoms with Crippen LogP contribution in [-0.4, -0.2) is 62.2 Å². The van der Waals surface area contributed by atoms with Gasteiger partial charge in [-0.05, 0) is 71.2 Å². The first-order chi connectivity index (χ1) is 8.31. The Morgan fingerprint density at radius 3 is 2.71 bits per heavy atom. The van der Waals surface area contributed by atoms with E-state index in [1.807, 2.05) is 0 Å². The summed E-state index contributed by atoms with van der Waals surface area (Å²) in [5.74, 6) is 2.03. The molecule has 3 unspecified atom stereocenters. The Hall–Kier alpha value is -0.120. The number of hydrogen-bond acceptors (Lipinski definition) is 3. The maximum Gasteiger partial charge on any atom is 0.0294 e. The Labute approximate surface area is 106 Å². The summed E-state index contributed by atoms with van der Waals surface area (Å²) in [7, 11) is 4.41.